The van der Waals surface area contributed by atoms with Crippen LogP contribution in [0.3, 0.4) is 0 Å². The molecule has 1 aliphatic heterocycles. The third kappa shape index (κ3) is 5.36. The van der Waals surface area contributed by atoms with Crippen LogP contribution in [0, 0.1) is 13.8 Å². The summed E-state index contributed by atoms with van der Waals surface area (Å²) < 4.78 is 0. The summed E-state index contributed by atoms with van der Waals surface area (Å²) in [4.78, 5) is 2.59. The average Bonchev–Trinajstić information content (AvgIpc) is 3.67. The highest BCUT2D eigenvalue weighted by Crippen LogP contribution is 2.58. The highest BCUT2D eigenvalue weighted by molar-refractivity contribution is 6.13. The lowest BCUT2D eigenvalue weighted by atomic mass is 9.78. The van der Waals surface area contributed by atoms with Crippen molar-refractivity contribution in [1.82, 2.24) is 0 Å². The summed E-state index contributed by atoms with van der Waals surface area (Å²) in [6, 6.07) is 57.0. The molecule has 0 saturated heterocycles. The van der Waals surface area contributed by atoms with Crippen molar-refractivity contribution in [2.45, 2.75) is 65.7 Å². The quantitative estimate of drug-likeness (QED) is 0.163. The molecule has 2 aliphatic carbocycles. The first-order valence-corrected chi connectivity index (χ1v) is 20.8. The fourth-order valence-corrected chi connectivity index (χ4v) is 10.2. The Bertz CT molecular complexity index is 2920. The van der Waals surface area contributed by atoms with Crippen LogP contribution in [0.1, 0.15) is 79.0 Å². The van der Waals surface area contributed by atoms with E-state index in [-0.39, 0.29) is 11.3 Å². The monoisotopic (exact) mass is 735 g/mol. The van der Waals surface area contributed by atoms with Crippen LogP contribution in [-0.2, 0) is 11.8 Å². The van der Waals surface area contributed by atoms with E-state index in [2.05, 4.69) is 204 Å². The van der Waals surface area contributed by atoms with Crippen molar-refractivity contribution in [3.8, 4) is 33.4 Å². The number of anilines is 2. The van der Waals surface area contributed by atoms with Gasteiger partial charge in [0, 0.05) is 22.7 Å². The van der Waals surface area contributed by atoms with E-state index >= 15 is 0 Å². The summed E-state index contributed by atoms with van der Waals surface area (Å²) in [5.74, 6) is 0.256. The number of hydrogen-bond acceptors (Lipinski definition) is 1. The number of allylic oxidation sites excluding steroid dienone is 1. The molecular weight excluding hydrogens is 687 g/mol. The minimum Gasteiger partial charge on any atom is -0.313 e. The van der Waals surface area contributed by atoms with Gasteiger partial charge in [-0.15, -0.1) is 0 Å². The predicted molar refractivity (Wildman–Crippen MR) is 245 cm³/mol. The number of fused-ring (bicyclic) bond motifs is 12. The number of nitrogens with zero attached hydrogens (tertiary/aromatic N) is 1. The number of hydrogen-bond donors (Lipinski definition) is 0. The Morgan fingerprint density at radius 2 is 1.16 bits per heavy atom. The zero-order valence-electron chi connectivity index (χ0n) is 33.9. The Hall–Kier alpha value is -6.18. The maximum atomic E-state index is 2.59. The van der Waals surface area contributed by atoms with Gasteiger partial charge in [0.1, 0.15) is 0 Å². The van der Waals surface area contributed by atoms with Gasteiger partial charge >= 0.3 is 0 Å². The standard InChI is InChI=1S/C53H41N.C3H8/c1-32-14-5-6-15-36(32)38-22-13-21-37(33(38)2)34-24-26-35(27-25-34)54-51-30-45-42-19-10-8-17-40(42)39-16-7-9-18-41(39)44(45)28-47(51)48-29-46-43-20-11-12-23-49(43)53(3,4)50(46)31-52(48)54;1-3-2/h5-27,29-31,47H,28H2,1-4H3;3H2,1-2H3. The minimum absolute atomic E-state index is 0.0757. The van der Waals surface area contributed by atoms with E-state index in [0.29, 0.717) is 0 Å². The first-order chi connectivity index (χ1) is 27.8. The molecule has 1 heterocycles. The second kappa shape index (κ2) is 13.5. The van der Waals surface area contributed by atoms with Crippen LogP contribution in [0.2, 0.25) is 0 Å². The third-order valence-electron chi connectivity index (χ3n) is 13.0. The van der Waals surface area contributed by atoms with Gasteiger partial charge in [-0.05, 0) is 144 Å². The normalized spacial score (nSPS) is 15.6. The fourth-order valence-electron chi connectivity index (χ4n) is 10.2. The molecule has 8 aromatic carbocycles. The lowest BCUT2D eigenvalue weighted by molar-refractivity contribution is 0.660. The molecule has 1 unspecified atom stereocenters. The van der Waals surface area contributed by atoms with E-state index in [4.69, 9.17) is 0 Å². The molecule has 0 aromatic heterocycles. The van der Waals surface area contributed by atoms with Crippen molar-refractivity contribution in [1.29, 1.82) is 0 Å². The molecular formula is C56H49N. The SMILES string of the molecule is CCC.Cc1ccccc1-c1cccc(-c2ccc(N3C4=Cc5c(c6ccccc6c6ccccc56)CC4c4cc5c(cc43)C(C)(C)c3ccccc3-5)cc2)c1C. The van der Waals surface area contributed by atoms with E-state index < -0.39 is 0 Å². The zero-order chi connectivity index (χ0) is 39.0. The van der Waals surface area contributed by atoms with Crippen LogP contribution in [0.5, 0.6) is 0 Å². The van der Waals surface area contributed by atoms with Gasteiger partial charge in [0.2, 0.25) is 0 Å². The zero-order valence-corrected chi connectivity index (χ0v) is 33.9. The Labute approximate surface area is 338 Å². The first kappa shape index (κ1) is 35.2. The Morgan fingerprint density at radius 3 is 1.89 bits per heavy atom. The van der Waals surface area contributed by atoms with Crippen molar-refractivity contribution in [3.63, 3.8) is 0 Å². The van der Waals surface area contributed by atoms with Gasteiger partial charge in [-0.25, -0.2) is 0 Å². The molecule has 0 radical (unpaired) electrons. The summed E-state index contributed by atoms with van der Waals surface area (Å²) in [7, 11) is 0. The van der Waals surface area contributed by atoms with E-state index in [9.17, 15) is 0 Å². The molecule has 0 N–H and O–H groups in total. The maximum Gasteiger partial charge on any atom is 0.0501 e. The topological polar surface area (TPSA) is 3.24 Å². The molecule has 11 rings (SSSR count). The summed E-state index contributed by atoms with van der Waals surface area (Å²) >= 11 is 0. The molecule has 278 valence electrons. The van der Waals surface area contributed by atoms with E-state index in [0.717, 1.165) is 6.42 Å². The average molecular weight is 736 g/mol. The van der Waals surface area contributed by atoms with E-state index in [1.165, 1.54) is 117 Å². The highest BCUT2D eigenvalue weighted by Gasteiger charge is 2.43. The summed E-state index contributed by atoms with van der Waals surface area (Å²) in [6.07, 6.45) is 4.76. The van der Waals surface area contributed by atoms with Crippen LogP contribution >= 0.6 is 0 Å². The largest absolute Gasteiger partial charge is 0.313 e. The lowest BCUT2D eigenvalue weighted by Crippen LogP contribution is -2.18. The van der Waals surface area contributed by atoms with Crippen molar-refractivity contribution in [2.75, 3.05) is 4.90 Å². The van der Waals surface area contributed by atoms with Crippen molar-refractivity contribution >= 4 is 39.0 Å². The van der Waals surface area contributed by atoms with Crippen LogP contribution in [0.25, 0.3) is 61.0 Å². The minimum atomic E-state index is -0.0757. The number of benzene rings is 8. The second-order valence-electron chi connectivity index (χ2n) is 16.8. The van der Waals surface area contributed by atoms with E-state index in [1.54, 1.807) is 0 Å². The Morgan fingerprint density at radius 1 is 0.561 bits per heavy atom. The van der Waals surface area contributed by atoms with Crippen molar-refractivity contribution < 1.29 is 0 Å². The van der Waals surface area contributed by atoms with Crippen LogP contribution in [-0.4, -0.2) is 0 Å². The van der Waals surface area contributed by atoms with Gasteiger partial charge in [-0.1, -0.05) is 162 Å². The smallest absolute Gasteiger partial charge is 0.0501 e. The van der Waals surface area contributed by atoms with Crippen LogP contribution < -0.4 is 4.90 Å². The molecule has 0 saturated carbocycles. The van der Waals surface area contributed by atoms with Gasteiger partial charge < -0.3 is 4.90 Å². The van der Waals surface area contributed by atoms with Gasteiger partial charge in [0.25, 0.3) is 0 Å². The van der Waals surface area contributed by atoms with Gasteiger partial charge in [-0.2, -0.15) is 0 Å². The van der Waals surface area contributed by atoms with E-state index in [1.807, 2.05) is 0 Å². The van der Waals surface area contributed by atoms with Gasteiger partial charge in [0.05, 0.1) is 5.69 Å². The molecule has 1 heteroatoms. The number of rotatable bonds is 3. The molecule has 0 fully saturated rings. The lowest BCUT2D eigenvalue weighted by Gasteiger charge is -2.29. The summed E-state index contributed by atoms with van der Waals surface area (Å²) in [5.41, 5.74) is 21.4. The Kier molecular flexibility index (Phi) is 8.34. The third-order valence-corrected chi connectivity index (χ3v) is 13.0. The number of aryl methyl sites for hydroxylation is 1. The maximum absolute atomic E-state index is 2.59. The molecule has 57 heavy (non-hydrogen) atoms. The van der Waals surface area contributed by atoms with Crippen molar-refractivity contribution in [2.24, 2.45) is 0 Å². The second-order valence-corrected chi connectivity index (χ2v) is 16.8. The summed E-state index contributed by atoms with van der Waals surface area (Å²) in [5, 5.41) is 5.39. The molecule has 8 aromatic rings. The van der Waals surface area contributed by atoms with Crippen molar-refractivity contribution in [3.05, 3.63) is 196 Å². The first-order valence-electron chi connectivity index (χ1n) is 20.8. The highest BCUT2D eigenvalue weighted by atomic mass is 15.2. The van der Waals surface area contributed by atoms with Gasteiger partial charge in [-0.3, -0.25) is 0 Å². The summed E-state index contributed by atoms with van der Waals surface area (Å²) in [6.45, 7) is 13.5. The molecule has 1 nitrogen and oxygen atoms in total. The van der Waals surface area contributed by atoms with Gasteiger partial charge in [0.15, 0.2) is 0 Å². The molecule has 3 aliphatic rings. The van der Waals surface area contributed by atoms with Crippen LogP contribution in [0.4, 0.5) is 11.4 Å². The predicted octanol–water partition coefficient (Wildman–Crippen LogP) is 15.5. The molecule has 0 spiro atoms. The molecule has 1 atom stereocenters. The molecule has 0 amide bonds. The Balaban J connectivity index is 0.00000128. The molecule has 0 bridgehead atoms. The fraction of sp³-hybridized carbons (Fsp3) is 0.179. The van der Waals surface area contributed by atoms with Crippen LogP contribution in [0.15, 0.2) is 157 Å².